The predicted octanol–water partition coefficient (Wildman–Crippen LogP) is 3.08. The molecule has 0 atom stereocenters. The fraction of sp³-hybridized carbons (Fsp3) is 0.278. The summed E-state index contributed by atoms with van der Waals surface area (Å²) in [6.45, 7) is 1.68. The second-order valence-corrected chi connectivity index (χ2v) is 5.95. The summed E-state index contributed by atoms with van der Waals surface area (Å²) >= 11 is 1.64. The number of rotatable bonds is 8. The zero-order chi connectivity index (χ0) is 17.4. The van der Waals surface area contributed by atoms with Crippen LogP contribution >= 0.6 is 11.8 Å². The van der Waals surface area contributed by atoms with Crippen molar-refractivity contribution < 1.29 is 13.9 Å². The maximum absolute atomic E-state index is 13.5. The zero-order valence-corrected chi connectivity index (χ0v) is 14.6. The van der Waals surface area contributed by atoms with Crippen LogP contribution in [0.3, 0.4) is 0 Å². The fourth-order valence-electron chi connectivity index (χ4n) is 2.23. The smallest absolute Gasteiger partial charge is 0.254 e. The molecule has 0 heterocycles. The lowest BCUT2D eigenvalue weighted by molar-refractivity contribution is 0.0950. The lowest BCUT2D eigenvalue weighted by Gasteiger charge is -2.10. The molecule has 2 aromatic rings. The van der Waals surface area contributed by atoms with Crippen molar-refractivity contribution in [3.63, 3.8) is 0 Å². The first-order valence-corrected chi connectivity index (χ1v) is 8.82. The minimum Gasteiger partial charge on any atom is -0.496 e. The molecule has 0 fully saturated rings. The zero-order valence-electron chi connectivity index (χ0n) is 13.8. The minimum absolute atomic E-state index is 0.0647. The van der Waals surface area contributed by atoms with E-state index in [2.05, 4.69) is 10.6 Å². The van der Waals surface area contributed by atoms with Gasteiger partial charge in [-0.2, -0.15) is 0 Å². The summed E-state index contributed by atoms with van der Waals surface area (Å²) in [7, 11) is 1.66. The van der Waals surface area contributed by atoms with Gasteiger partial charge in [-0.15, -0.1) is 11.8 Å². The van der Waals surface area contributed by atoms with Gasteiger partial charge in [0.15, 0.2) is 0 Å². The third-order valence-corrected chi connectivity index (χ3v) is 4.26. The molecule has 2 aromatic carbocycles. The summed E-state index contributed by atoms with van der Waals surface area (Å²) in [5.74, 6) is -0.0560. The molecule has 0 radical (unpaired) electrons. The van der Waals surface area contributed by atoms with E-state index >= 15 is 0 Å². The van der Waals surface area contributed by atoms with Crippen LogP contribution in [0.4, 0.5) is 4.39 Å². The van der Waals surface area contributed by atoms with Crippen molar-refractivity contribution in [3.05, 3.63) is 59.4 Å². The van der Waals surface area contributed by atoms with Gasteiger partial charge in [0.05, 0.1) is 12.7 Å². The van der Waals surface area contributed by atoms with Crippen LogP contribution in [0.25, 0.3) is 0 Å². The molecule has 0 saturated heterocycles. The number of benzene rings is 2. The second-order valence-electron chi connectivity index (χ2n) is 5.10. The molecule has 2 rings (SSSR count). The first-order chi connectivity index (χ1) is 11.7. The highest BCUT2D eigenvalue weighted by atomic mass is 32.2. The number of methoxy groups -OCH3 is 1. The number of halogens is 1. The normalized spacial score (nSPS) is 10.5. The lowest BCUT2D eigenvalue weighted by atomic mass is 10.2. The molecule has 0 aliphatic carbocycles. The average molecular weight is 348 g/mol. The highest BCUT2D eigenvalue weighted by Gasteiger charge is 2.09. The molecule has 1 amide bonds. The Kier molecular flexibility index (Phi) is 7.08. The molecule has 0 spiro atoms. The second kappa shape index (κ2) is 9.30. The van der Waals surface area contributed by atoms with Crippen molar-refractivity contribution in [1.29, 1.82) is 0 Å². The molecule has 24 heavy (non-hydrogen) atoms. The summed E-state index contributed by atoms with van der Waals surface area (Å²) in [5, 5.41) is 5.94. The van der Waals surface area contributed by atoms with Gasteiger partial charge in [0.1, 0.15) is 11.6 Å². The fourth-order valence-corrected chi connectivity index (χ4v) is 2.78. The summed E-state index contributed by atoms with van der Waals surface area (Å²) in [6.07, 6.45) is 2.01. The Hall–Kier alpha value is -2.05. The summed E-state index contributed by atoms with van der Waals surface area (Å²) in [4.78, 5) is 13.0. The van der Waals surface area contributed by atoms with Crippen molar-refractivity contribution in [1.82, 2.24) is 10.6 Å². The summed E-state index contributed by atoms with van der Waals surface area (Å²) < 4.78 is 18.8. The van der Waals surface area contributed by atoms with Gasteiger partial charge in [-0.1, -0.05) is 18.2 Å². The van der Waals surface area contributed by atoms with Crippen LogP contribution in [0.2, 0.25) is 0 Å². The summed E-state index contributed by atoms with van der Waals surface area (Å²) in [5.41, 5.74) is 1.17. The number of carbonyl (C=O) groups excluding carboxylic acids is 1. The quantitative estimate of drug-likeness (QED) is 0.569. The summed E-state index contributed by atoms with van der Waals surface area (Å²) in [6, 6.07) is 12.0. The predicted molar refractivity (Wildman–Crippen MR) is 95.2 cm³/mol. The first-order valence-electron chi connectivity index (χ1n) is 7.60. The van der Waals surface area contributed by atoms with Crippen molar-refractivity contribution in [3.8, 4) is 5.75 Å². The highest BCUT2D eigenvalue weighted by molar-refractivity contribution is 7.98. The molecule has 6 heteroatoms. The number of hydrogen-bond acceptors (Lipinski definition) is 4. The van der Waals surface area contributed by atoms with E-state index in [1.165, 1.54) is 12.1 Å². The largest absolute Gasteiger partial charge is 0.496 e. The number of thioether (sulfide) groups is 1. The van der Waals surface area contributed by atoms with Gasteiger partial charge >= 0.3 is 0 Å². The average Bonchev–Trinajstić information content (AvgIpc) is 2.61. The SMILES string of the molecule is COc1cc(CNCCNC(=O)c2ccccc2F)ccc1SC. The van der Waals surface area contributed by atoms with Crippen LogP contribution in [-0.4, -0.2) is 32.4 Å². The standard InChI is InChI=1S/C18H21FN2O2S/c1-23-16-11-13(7-8-17(16)24-2)12-20-9-10-21-18(22)14-5-3-4-6-15(14)19/h3-8,11,20H,9-10,12H2,1-2H3,(H,21,22). The molecule has 0 unspecified atom stereocenters. The minimum atomic E-state index is -0.510. The Morgan fingerprint density at radius 3 is 2.71 bits per heavy atom. The molecular weight excluding hydrogens is 327 g/mol. The Bertz CT molecular complexity index is 694. The number of amides is 1. The van der Waals surface area contributed by atoms with Gasteiger partial charge in [-0.05, 0) is 36.1 Å². The Balaban J connectivity index is 1.75. The van der Waals surface area contributed by atoms with Crippen LogP contribution in [0.5, 0.6) is 5.75 Å². The van der Waals surface area contributed by atoms with Crippen LogP contribution < -0.4 is 15.4 Å². The number of carbonyl (C=O) groups is 1. The van der Waals surface area contributed by atoms with Crippen LogP contribution in [-0.2, 0) is 6.54 Å². The van der Waals surface area contributed by atoms with E-state index < -0.39 is 11.7 Å². The van der Waals surface area contributed by atoms with Crippen molar-refractivity contribution >= 4 is 17.7 Å². The first kappa shape index (κ1) is 18.3. The number of hydrogen-bond donors (Lipinski definition) is 2. The topological polar surface area (TPSA) is 50.4 Å². The van der Waals surface area contributed by atoms with E-state index in [0.29, 0.717) is 19.6 Å². The Labute approximate surface area is 145 Å². The highest BCUT2D eigenvalue weighted by Crippen LogP contribution is 2.28. The molecule has 0 aliphatic heterocycles. The molecule has 0 aliphatic rings. The van der Waals surface area contributed by atoms with Gasteiger partial charge in [0.2, 0.25) is 0 Å². The van der Waals surface area contributed by atoms with E-state index in [4.69, 9.17) is 4.74 Å². The Morgan fingerprint density at radius 1 is 1.21 bits per heavy atom. The molecule has 2 N–H and O–H groups in total. The maximum Gasteiger partial charge on any atom is 0.254 e. The third kappa shape index (κ3) is 4.97. The van der Waals surface area contributed by atoms with E-state index in [1.54, 1.807) is 31.0 Å². The van der Waals surface area contributed by atoms with Gasteiger partial charge in [-0.3, -0.25) is 4.79 Å². The van der Waals surface area contributed by atoms with Crippen LogP contribution in [0.1, 0.15) is 15.9 Å². The van der Waals surface area contributed by atoms with Crippen molar-refractivity contribution in [2.45, 2.75) is 11.4 Å². The molecule has 0 bridgehead atoms. The van der Waals surface area contributed by atoms with Gasteiger partial charge < -0.3 is 15.4 Å². The molecule has 128 valence electrons. The number of ether oxygens (including phenoxy) is 1. The molecular formula is C18H21FN2O2S. The maximum atomic E-state index is 13.5. The van der Waals surface area contributed by atoms with Gasteiger partial charge in [-0.25, -0.2) is 4.39 Å². The van der Waals surface area contributed by atoms with E-state index in [9.17, 15) is 9.18 Å². The lowest BCUT2D eigenvalue weighted by Crippen LogP contribution is -2.32. The van der Waals surface area contributed by atoms with Gasteiger partial charge in [0.25, 0.3) is 5.91 Å². The van der Waals surface area contributed by atoms with Gasteiger partial charge in [0, 0.05) is 24.5 Å². The van der Waals surface area contributed by atoms with Crippen LogP contribution in [0.15, 0.2) is 47.4 Å². The van der Waals surface area contributed by atoms with E-state index in [-0.39, 0.29) is 5.56 Å². The van der Waals surface area contributed by atoms with E-state index in [1.807, 2.05) is 24.5 Å². The molecule has 0 aromatic heterocycles. The van der Waals surface area contributed by atoms with Crippen molar-refractivity contribution in [2.75, 3.05) is 26.5 Å². The van der Waals surface area contributed by atoms with E-state index in [0.717, 1.165) is 16.2 Å². The molecule has 0 saturated carbocycles. The van der Waals surface area contributed by atoms with Crippen molar-refractivity contribution in [2.24, 2.45) is 0 Å². The van der Waals surface area contributed by atoms with Crippen LogP contribution in [0, 0.1) is 5.82 Å². The molecule has 4 nitrogen and oxygen atoms in total. The number of nitrogens with one attached hydrogen (secondary N) is 2. The monoisotopic (exact) mass is 348 g/mol. The third-order valence-electron chi connectivity index (χ3n) is 3.48. The Morgan fingerprint density at radius 2 is 2.00 bits per heavy atom.